The topological polar surface area (TPSA) is 94.1 Å². The van der Waals surface area contributed by atoms with E-state index in [1.165, 1.54) is 18.3 Å². The molecule has 1 aromatic carbocycles. The fourth-order valence-electron chi connectivity index (χ4n) is 4.36. The second kappa shape index (κ2) is 8.11. The van der Waals surface area contributed by atoms with E-state index < -0.39 is 23.6 Å². The van der Waals surface area contributed by atoms with Gasteiger partial charge in [0, 0.05) is 36.9 Å². The maximum absolute atomic E-state index is 14.7. The fraction of sp³-hybridized carbons (Fsp3) is 0.364. The number of aliphatic hydroxyl groups excluding tert-OH is 1. The van der Waals surface area contributed by atoms with Crippen LogP contribution in [0, 0.1) is 23.1 Å². The number of fused-ring (bicyclic) bond motifs is 1. The number of imidazole rings is 1. The highest BCUT2D eigenvalue weighted by molar-refractivity contribution is 5.38. The molecule has 8 heteroatoms. The monoisotopic (exact) mass is 412 g/mol. The van der Waals surface area contributed by atoms with Crippen LogP contribution in [0.3, 0.4) is 0 Å². The number of benzene rings is 1. The molecule has 4 rings (SSSR count). The number of rotatable bonds is 6. The largest absolute Gasteiger partial charge is 0.383 e. The number of nitriles is 1. The summed E-state index contributed by atoms with van der Waals surface area (Å²) in [6.07, 6.45) is 5.37. The summed E-state index contributed by atoms with van der Waals surface area (Å²) < 4.78 is 30.2. The van der Waals surface area contributed by atoms with Gasteiger partial charge in [0.15, 0.2) is 0 Å². The van der Waals surface area contributed by atoms with Gasteiger partial charge in [0.25, 0.3) is 0 Å². The fourth-order valence-corrected chi connectivity index (χ4v) is 4.36. The van der Waals surface area contributed by atoms with Gasteiger partial charge in [-0.25, -0.2) is 13.8 Å². The Morgan fingerprint density at radius 3 is 2.90 bits per heavy atom. The van der Waals surface area contributed by atoms with Gasteiger partial charge in [-0.15, -0.1) is 0 Å². The summed E-state index contributed by atoms with van der Waals surface area (Å²) in [4.78, 5) is 4.09. The molecular weight excluding hydrogens is 390 g/mol. The Kier molecular flexibility index (Phi) is 5.52. The minimum absolute atomic E-state index is 0.0546. The molecule has 4 unspecified atom stereocenters. The molecule has 30 heavy (non-hydrogen) atoms. The molecule has 0 spiro atoms. The Balaban J connectivity index is 1.47. The molecule has 0 saturated carbocycles. The van der Waals surface area contributed by atoms with Crippen LogP contribution in [0.5, 0.6) is 0 Å². The van der Waals surface area contributed by atoms with Gasteiger partial charge in [-0.3, -0.25) is 5.32 Å². The summed E-state index contributed by atoms with van der Waals surface area (Å²) in [6, 6.07) is 7.81. The van der Waals surface area contributed by atoms with Crippen molar-refractivity contribution in [3.63, 3.8) is 0 Å². The Labute approximate surface area is 172 Å². The predicted molar refractivity (Wildman–Crippen MR) is 105 cm³/mol. The van der Waals surface area contributed by atoms with Crippen LogP contribution in [0.1, 0.15) is 36.6 Å². The lowest BCUT2D eigenvalue weighted by Crippen LogP contribution is -2.37. The third-order valence-electron chi connectivity index (χ3n) is 5.90. The second-order valence-electron chi connectivity index (χ2n) is 7.82. The van der Waals surface area contributed by atoms with Crippen molar-refractivity contribution in [2.24, 2.45) is 5.92 Å². The lowest BCUT2D eigenvalue weighted by molar-refractivity contribution is -0.0294. The molecule has 2 aromatic rings. The van der Waals surface area contributed by atoms with Gasteiger partial charge in [-0.05, 0) is 18.6 Å². The van der Waals surface area contributed by atoms with E-state index in [4.69, 9.17) is 5.26 Å². The van der Waals surface area contributed by atoms with Crippen LogP contribution in [0.25, 0.3) is 0 Å². The van der Waals surface area contributed by atoms with E-state index >= 15 is 0 Å². The number of aromatic nitrogens is 2. The minimum Gasteiger partial charge on any atom is -0.383 e. The average molecular weight is 412 g/mol. The molecule has 156 valence electrons. The van der Waals surface area contributed by atoms with Crippen LogP contribution < -0.4 is 5.32 Å². The van der Waals surface area contributed by atoms with Crippen LogP contribution in [-0.4, -0.2) is 26.0 Å². The zero-order valence-corrected chi connectivity index (χ0v) is 16.2. The predicted octanol–water partition coefficient (Wildman–Crippen LogP) is 2.98. The first-order valence-electron chi connectivity index (χ1n) is 9.78. The number of allylic oxidation sites excluding steroid dienone is 4. The smallest absolute Gasteiger partial charge is 0.127 e. The molecule has 4 atom stereocenters. The number of halogens is 2. The summed E-state index contributed by atoms with van der Waals surface area (Å²) in [5, 5.41) is 33.5. The summed E-state index contributed by atoms with van der Waals surface area (Å²) >= 11 is 0. The van der Waals surface area contributed by atoms with E-state index in [-0.39, 0.29) is 36.8 Å². The third kappa shape index (κ3) is 3.79. The molecule has 3 N–H and O–H groups in total. The van der Waals surface area contributed by atoms with Gasteiger partial charge in [0.1, 0.15) is 23.5 Å². The van der Waals surface area contributed by atoms with Gasteiger partial charge in [-0.2, -0.15) is 5.26 Å². The van der Waals surface area contributed by atoms with Gasteiger partial charge in [0.2, 0.25) is 0 Å². The normalized spacial score (nSPS) is 26.5. The Bertz CT molecular complexity index is 1040. The first kappa shape index (κ1) is 20.4. The van der Waals surface area contributed by atoms with E-state index in [9.17, 15) is 19.0 Å². The Hall–Kier alpha value is -2.86. The maximum Gasteiger partial charge on any atom is 0.127 e. The zero-order chi connectivity index (χ0) is 21.3. The summed E-state index contributed by atoms with van der Waals surface area (Å²) in [5.74, 6) is -1.30. The molecule has 2 heterocycles. The lowest BCUT2D eigenvalue weighted by atomic mass is 9.83. The van der Waals surface area contributed by atoms with Crippen LogP contribution >= 0.6 is 0 Å². The summed E-state index contributed by atoms with van der Waals surface area (Å²) in [5.41, 5.74) is -0.215. The van der Waals surface area contributed by atoms with Crippen molar-refractivity contribution < 1.29 is 19.0 Å². The van der Waals surface area contributed by atoms with Crippen molar-refractivity contribution in [3.8, 4) is 6.07 Å². The number of nitrogens with one attached hydrogen (secondary N) is 1. The van der Waals surface area contributed by atoms with Gasteiger partial charge in [0.05, 0.1) is 29.9 Å². The van der Waals surface area contributed by atoms with E-state index in [1.807, 2.05) is 6.07 Å². The van der Waals surface area contributed by atoms with Crippen molar-refractivity contribution >= 4 is 0 Å². The quantitative estimate of drug-likeness (QED) is 0.634. The highest BCUT2D eigenvalue weighted by atomic mass is 19.1. The molecule has 1 aliphatic heterocycles. The average Bonchev–Trinajstić information content (AvgIpc) is 3.31. The van der Waals surface area contributed by atoms with E-state index in [2.05, 4.69) is 10.3 Å². The molecule has 1 aliphatic carbocycles. The van der Waals surface area contributed by atoms with E-state index in [1.54, 1.807) is 35.2 Å². The van der Waals surface area contributed by atoms with E-state index in [0.29, 0.717) is 17.7 Å². The molecule has 6 nitrogen and oxygen atoms in total. The van der Waals surface area contributed by atoms with Gasteiger partial charge >= 0.3 is 0 Å². The lowest BCUT2D eigenvalue weighted by Gasteiger charge is -2.28. The van der Waals surface area contributed by atoms with Crippen LogP contribution in [0.15, 0.2) is 60.3 Å². The number of aliphatic hydroxyl groups is 2. The Morgan fingerprint density at radius 2 is 2.17 bits per heavy atom. The highest BCUT2D eigenvalue weighted by Gasteiger charge is 2.47. The number of hydrogen-bond donors (Lipinski definition) is 3. The van der Waals surface area contributed by atoms with Gasteiger partial charge in [-0.1, -0.05) is 24.3 Å². The zero-order valence-electron chi connectivity index (χ0n) is 16.2. The second-order valence-corrected chi connectivity index (χ2v) is 7.82. The van der Waals surface area contributed by atoms with Crippen LogP contribution in [0.2, 0.25) is 0 Å². The van der Waals surface area contributed by atoms with Crippen molar-refractivity contribution in [2.75, 3.05) is 0 Å². The molecule has 0 radical (unpaired) electrons. The third-order valence-corrected chi connectivity index (χ3v) is 5.90. The van der Waals surface area contributed by atoms with Crippen molar-refractivity contribution in [1.29, 1.82) is 5.26 Å². The molecule has 2 aliphatic rings. The molecule has 0 bridgehead atoms. The van der Waals surface area contributed by atoms with Crippen molar-refractivity contribution in [3.05, 3.63) is 77.4 Å². The highest BCUT2D eigenvalue weighted by Crippen LogP contribution is 2.48. The molecular formula is C22H22F2N4O2. The molecule has 0 saturated heterocycles. The van der Waals surface area contributed by atoms with Gasteiger partial charge < -0.3 is 14.8 Å². The van der Waals surface area contributed by atoms with Crippen LogP contribution in [0.4, 0.5) is 8.78 Å². The van der Waals surface area contributed by atoms with Crippen molar-refractivity contribution in [1.82, 2.24) is 14.9 Å². The number of nitrogens with zero attached hydrogens (tertiary/aromatic N) is 3. The SMILES string of the molecule is N#CC1=CCC(C2CC(O)(CC(O)NCc3ccccc3F)c3cncn32)C(F)=C1. The Morgan fingerprint density at radius 1 is 1.37 bits per heavy atom. The van der Waals surface area contributed by atoms with E-state index in [0.717, 1.165) is 0 Å². The summed E-state index contributed by atoms with van der Waals surface area (Å²) in [6.45, 7) is 0.105. The molecule has 1 aromatic heterocycles. The standard InChI is InChI=1S/C22H22F2N4O2/c23-17-4-2-1-3-15(17)11-27-21(29)9-22(30)8-19(28-13-26-12-20(22)28)16-6-5-14(10-25)7-18(16)24/h1-5,7,12-13,16,19,21,27,29-30H,6,8-9,11H2. The molecule has 0 amide bonds. The molecule has 0 fully saturated rings. The van der Waals surface area contributed by atoms with Crippen LogP contribution in [-0.2, 0) is 12.1 Å². The first-order chi connectivity index (χ1) is 14.4. The first-order valence-corrected chi connectivity index (χ1v) is 9.78. The summed E-state index contributed by atoms with van der Waals surface area (Å²) in [7, 11) is 0. The van der Waals surface area contributed by atoms with Crippen molar-refractivity contribution in [2.45, 2.75) is 43.7 Å². The number of hydrogen-bond acceptors (Lipinski definition) is 5. The maximum atomic E-state index is 14.7. The minimum atomic E-state index is -1.41.